The van der Waals surface area contributed by atoms with E-state index >= 15 is 0 Å². The largest absolute Gasteiger partial charge is 0.298 e. The quantitative estimate of drug-likeness (QED) is 0.649. The Morgan fingerprint density at radius 2 is 2.45 bits per heavy atom. The van der Waals surface area contributed by atoms with Gasteiger partial charge in [0.25, 0.3) is 0 Å². The Kier molecular flexibility index (Phi) is 1.49. The maximum atomic E-state index is 10.5. The molecule has 0 atom stereocenters. The van der Waals surface area contributed by atoms with Crippen molar-refractivity contribution in [3.63, 3.8) is 0 Å². The second-order valence-electron chi connectivity index (χ2n) is 2.98. The van der Waals surface area contributed by atoms with Crippen LogP contribution in [0.3, 0.4) is 0 Å². The van der Waals surface area contributed by atoms with E-state index in [9.17, 15) is 4.79 Å². The van der Waals surface area contributed by atoms with E-state index in [1.165, 1.54) is 19.3 Å². The molecule has 0 aromatic carbocycles. The minimum absolute atomic E-state index is 0.567. The van der Waals surface area contributed by atoms with Crippen LogP contribution in [0.2, 0.25) is 0 Å². The van der Waals surface area contributed by atoms with Gasteiger partial charge in [0.05, 0.1) is 11.8 Å². The van der Waals surface area contributed by atoms with E-state index in [0.717, 1.165) is 17.5 Å². The molecule has 0 bridgehead atoms. The maximum Gasteiger partial charge on any atom is 0.153 e. The number of hydrogen-bond acceptors (Lipinski definition) is 2. The van der Waals surface area contributed by atoms with Crippen LogP contribution in [0.15, 0.2) is 6.20 Å². The summed E-state index contributed by atoms with van der Waals surface area (Å²) in [6, 6.07) is 0. The van der Waals surface area contributed by atoms with E-state index in [4.69, 9.17) is 0 Å². The number of nitrogens with one attached hydrogen (secondary N) is 1. The van der Waals surface area contributed by atoms with Gasteiger partial charge < -0.3 is 0 Å². The van der Waals surface area contributed by atoms with Crippen molar-refractivity contribution in [1.29, 1.82) is 0 Å². The van der Waals surface area contributed by atoms with E-state index in [2.05, 4.69) is 10.2 Å². The van der Waals surface area contributed by atoms with Crippen molar-refractivity contribution in [3.8, 4) is 0 Å². The highest BCUT2D eigenvalue weighted by atomic mass is 16.1. The molecule has 0 unspecified atom stereocenters. The average Bonchev–Trinajstić information content (AvgIpc) is 2.32. The molecule has 11 heavy (non-hydrogen) atoms. The fourth-order valence-corrected chi connectivity index (χ4v) is 1.42. The number of hydrogen-bond donors (Lipinski definition) is 1. The summed E-state index contributed by atoms with van der Waals surface area (Å²) in [5.41, 5.74) is 1.76. The highest BCUT2D eigenvalue weighted by molar-refractivity contribution is 5.76. The van der Waals surface area contributed by atoms with Crippen molar-refractivity contribution in [2.45, 2.75) is 25.2 Å². The smallest absolute Gasteiger partial charge is 0.153 e. The Hall–Kier alpha value is -1.12. The molecule has 1 aromatic heterocycles. The van der Waals surface area contributed by atoms with Crippen LogP contribution in [0, 0.1) is 0 Å². The standard InChI is InChI=1S/C8H10N2O/c11-5-7-4-9-10-8(7)6-2-1-3-6/h4-6H,1-3H2,(H,9,10). The van der Waals surface area contributed by atoms with Crippen LogP contribution in [-0.4, -0.2) is 16.5 Å². The molecule has 2 rings (SSSR count). The zero-order chi connectivity index (χ0) is 7.68. The second kappa shape index (κ2) is 2.49. The number of H-pyrrole nitrogens is 1. The third-order valence-electron chi connectivity index (χ3n) is 2.34. The summed E-state index contributed by atoms with van der Waals surface area (Å²) in [7, 11) is 0. The normalized spacial score (nSPS) is 17.8. The van der Waals surface area contributed by atoms with Gasteiger partial charge >= 0.3 is 0 Å². The number of rotatable bonds is 2. The Morgan fingerprint density at radius 1 is 1.64 bits per heavy atom. The Balaban J connectivity index is 2.27. The molecule has 1 aromatic rings. The molecule has 0 saturated heterocycles. The number of carbonyl (C=O) groups is 1. The van der Waals surface area contributed by atoms with Crippen LogP contribution < -0.4 is 0 Å². The Labute approximate surface area is 64.8 Å². The Bertz CT molecular complexity index is 263. The van der Waals surface area contributed by atoms with Gasteiger partial charge in [0, 0.05) is 11.6 Å². The summed E-state index contributed by atoms with van der Waals surface area (Å²) in [6.07, 6.45) is 6.14. The lowest BCUT2D eigenvalue weighted by Crippen LogP contribution is -2.10. The van der Waals surface area contributed by atoms with Gasteiger partial charge in [-0.1, -0.05) is 6.42 Å². The van der Waals surface area contributed by atoms with Gasteiger partial charge in [-0.3, -0.25) is 9.89 Å². The fourth-order valence-electron chi connectivity index (χ4n) is 1.42. The molecule has 1 saturated carbocycles. The van der Waals surface area contributed by atoms with Crippen molar-refractivity contribution in [3.05, 3.63) is 17.5 Å². The van der Waals surface area contributed by atoms with Crippen molar-refractivity contribution >= 4 is 6.29 Å². The van der Waals surface area contributed by atoms with Gasteiger partial charge in [-0.2, -0.15) is 5.10 Å². The lowest BCUT2D eigenvalue weighted by molar-refractivity contribution is 0.112. The summed E-state index contributed by atoms with van der Waals surface area (Å²) in [5, 5.41) is 6.72. The number of aldehydes is 1. The molecule has 3 heteroatoms. The van der Waals surface area contributed by atoms with Gasteiger partial charge in [0.2, 0.25) is 0 Å². The molecule has 1 aliphatic rings. The van der Waals surface area contributed by atoms with Crippen LogP contribution in [0.25, 0.3) is 0 Å². The lowest BCUT2D eigenvalue weighted by atomic mass is 9.82. The molecule has 1 heterocycles. The summed E-state index contributed by atoms with van der Waals surface area (Å²) in [6.45, 7) is 0. The van der Waals surface area contributed by atoms with Crippen molar-refractivity contribution in [2.75, 3.05) is 0 Å². The summed E-state index contributed by atoms with van der Waals surface area (Å²) >= 11 is 0. The van der Waals surface area contributed by atoms with Gasteiger partial charge in [-0.25, -0.2) is 0 Å². The molecular formula is C8H10N2O. The first kappa shape index (κ1) is 6.58. The zero-order valence-electron chi connectivity index (χ0n) is 6.21. The molecule has 1 fully saturated rings. The van der Waals surface area contributed by atoms with E-state index < -0.39 is 0 Å². The van der Waals surface area contributed by atoms with Crippen molar-refractivity contribution in [1.82, 2.24) is 10.2 Å². The molecule has 1 aliphatic carbocycles. The van der Waals surface area contributed by atoms with Crippen LogP contribution in [-0.2, 0) is 0 Å². The zero-order valence-corrected chi connectivity index (χ0v) is 6.21. The van der Waals surface area contributed by atoms with Crippen LogP contribution in [0.4, 0.5) is 0 Å². The highest BCUT2D eigenvalue weighted by Crippen LogP contribution is 2.36. The van der Waals surface area contributed by atoms with E-state index in [1.54, 1.807) is 6.20 Å². The fraction of sp³-hybridized carbons (Fsp3) is 0.500. The van der Waals surface area contributed by atoms with Gasteiger partial charge in [-0.15, -0.1) is 0 Å². The predicted molar refractivity (Wildman–Crippen MR) is 40.6 cm³/mol. The first-order valence-electron chi connectivity index (χ1n) is 3.90. The number of aromatic nitrogens is 2. The molecule has 1 N–H and O–H groups in total. The minimum Gasteiger partial charge on any atom is -0.298 e. The molecule has 0 radical (unpaired) electrons. The first-order valence-corrected chi connectivity index (χ1v) is 3.90. The predicted octanol–water partition coefficient (Wildman–Crippen LogP) is 1.49. The van der Waals surface area contributed by atoms with E-state index in [0.29, 0.717) is 5.92 Å². The highest BCUT2D eigenvalue weighted by Gasteiger charge is 2.23. The van der Waals surface area contributed by atoms with Crippen LogP contribution >= 0.6 is 0 Å². The topological polar surface area (TPSA) is 45.8 Å². The van der Waals surface area contributed by atoms with Gasteiger partial charge in [0.1, 0.15) is 0 Å². The summed E-state index contributed by atoms with van der Waals surface area (Å²) < 4.78 is 0. The van der Waals surface area contributed by atoms with E-state index in [-0.39, 0.29) is 0 Å². The SMILES string of the molecule is O=Cc1cn[nH]c1C1CCC1. The molecular weight excluding hydrogens is 140 g/mol. The number of aromatic amines is 1. The monoisotopic (exact) mass is 150 g/mol. The van der Waals surface area contributed by atoms with Gasteiger partial charge in [-0.05, 0) is 12.8 Å². The summed E-state index contributed by atoms with van der Waals surface area (Å²) in [5.74, 6) is 0.567. The molecule has 58 valence electrons. The third kappa shape index (κ3) is 0.964. The molecule has 0 amide bonds. The third-order valence-corrected chi connectivity index (χ3v) is 2.34. The van der Waals surface area contributed by atoms with Crippen molar-refractivity contribution in [2.24, 2.45) is 0 Å². The summed E-state index contributed by atoms with van der Waals surface area (Å²) in [4.78, 5) is 10.5. The number of carbonyl (C=O) groups excluding carboxylic acids is 1. The molecule has 0 aliphatic heterocycles. The molecule has 3 nitrogen and oxygen atoms in total. The van der Waals surface area contributed by atoms with Crippen LogP contribution in [0.5, 0.6) is 0 Å². The lowest BCUT2D eigenvalue weighted by Gasteiger charge is -2.24. The van der Waals surface area contributed by atoms with Crippen LogP contribution in [0.1, 0.15) is 41.2 Å². The van der Waals surface area contributed by atoms with Crippen molar-refractivity contribution < 1.29 is 4.79 Å². The first-order chi connectivity index (χ1) is 5.42. The second-order valence-corrected chi connectivity index (χ2v) is 2.98. The average molecular weight is 150 g/mol. The maximum absolute atomic E-state index is 10.5. The van der Waals surface area contributed by atoms with E-state index in [1.807, 2.05) is 0 Å². The number of nitrogens with zero attached hydrogens (tertiary/aromatic N) is 1. The van der Waals surface area contributed by atoms with Gasteiger partial charge in [0.15, 0.2) is 6.29 Å². The Morgan fingerprint density at radius 3 is 3.00 bits per heavy atom. The molecule has 0 spiro atoms. The minimum atomic E-state index is 0.567.